The first-order chi connectivity index (χ1) is 16.1. The Kier molecular flexibility index (Phi) is 8.26. The third-order valence-corrected chi connectivity index (χ3v) is 5.40. The summed E-state index contributed by atoms with van der Waals surface area (Å²) in [5.41, 5.74) is 3.07. The minimum Gasteiger partial charge on any atom is -0.347 e. The van der Waals surface area contributed by atoms with E-state index in [4.69, 9.17) is 28.0 Å². The molecule has 0 bridgehead atoms. The highest BCUT2D eigenvalue weighted by molar-refractivity contribution is 9.10. The third kappa shape index (κ3) is 5.92. The van der Waals surface area contributed by atoms with Crippen LogP contribution in [0.1, 0.15) is 26.4 Å². The van der Waals surface area contributed by atoms with E-state index in [1.54, 1.807) is 39.2 Å². The average Bonchev–Trinajstić information content (AvgIpc) is 3.16. The van der Waals surface area contributed by atoms with E-state index in [1.807, 2.05) is 0 Å². The van der Waals surface area contributed by atoms with Crippen LogP contribution in [-0.2, 0) is 9.63 Å². The van der Waals surface area contributed by atoms with Crippen molar-refractivity contribution in [3.05, 3.63) is 68.0 Å². The molecule has 0 aliphatic carbocycles. The van der Waals surface area contributed by atoms with Gasteiger partial charge in [-0.25, -0.2) is 15.1 Å². The zero-order valence-corrected chi connectivity index (χ0v) is 21.3. The van der Waals surface area contributed by atoms with Crippen molar-refractivity contribution in [3.8, 4) is 5.82 Å². The van der Waals surface area contributed by atoms with Crippen molar-refractivity contribution < 1.29 is 19.2 Å². The van der Waals surface area contributed by atoms with Crippen LogP contribution in [0.25, 0.3) is 5.82 Å². The first-order valence-electron chi connectivity index (χ1n) is 9.68. The molecule has 0 radical (unpaired) electrons. The van der Waals surface area contributed by atoms with Gasteiger partial charge >= 0.3 is 0 Å². The molecule has 0 saturated carbocycles. The number of aryl methyl sites for hydroxylation is 1. The number of aromatic nitrogens is 3. The van der Waals surface area contributed by atoms with Crippen molar-refractivity contribution >= 4 is 62.5 Å². The lowest BCUT2D eigenvalue weighted by atomic mass is 10.1. The highest BCUT2D eigenvalue weighted by Crippen LogP contribution is 2.27. The molecular formula is C21H19BrCl2N6O4. The van der Waals surface area contributed by atoms with Gasteiger partial charge in [0, 0.05) is 31.4 Å². The highest BCUT2D eigenvalue weighted by atomic mass is 79.9. The lowest BCUT2D eigenvalue weighted by Gasteiger charge is -2.16. The van der Waals surface area contributed by atoms with Crippen molar-refractivity contribution in [3.63, 3.8) is 0 Å². The van der Waals surface area contributed by atoms with Crippen molar-refractivity contribution in [1.29, 1.82) is 0 Å². The van der Waals surface area contributed by atoms with E-state index in [-0.39, 0.29) is 40.3 Å². The van der Waals surface area contributed by atoms with Gasteiger partial charge < -0.3 is 10.2 Å². The van der Waals surface area contributed by atoms with Crippen LogP contribution in [0.3, 0.4) is 0 Å². The predicted molar refractivity (Wildman–Crippen MR) is 130 cm³/mol. The second kappa shape index (κ2) is 11.0. The number of amides is 3. The molecule has 0 saturated heterocycles. The zero-order valence-electron chi connectivity index (χ0n) is 18.2. The molecule has 10 nitrogen and oxygen atoms in total. The number of anilines is 1. The van der Waals surface area contributed by atoms with Gasteiger partial charge in [-0.15, -0.1) is 0 Å². The minimum absolute atomic E-state index is 0.0386. The largest absolute Gasteiger partial charge is 0.347 e. The number of nitrogens with one attached hydrogen (secondary N) is 2. The van der Waals surface area contributed by atoms with Crippen LogP contribution in [0.15, 0.2) is 41.1 Å². The number of likely N-dealkylation sites (N-methyl/N-ethyl adjacent to an activating group) is 1. The number of nitrogens with zero attached hydrogens (tertiary/aromatic N) is 4. The monoisotopic (exact) mass is 568 g/mol. The van der Waals surface area contributed by atoms with Crippen LogP contribution in [0.4, 0.5) is 5.69 Å². The van der Waals surface area contributed by atoms with Gasteiger partial charge in [0.15, 0.2) is 12.4 Å². The lowest BCUT2D eigenvalue weighted by molar-refractivity contribution is -0.135. The van der Waals surface area contributed by atoms with E-state index in [0.29, 0.717) is 15.2 Å². The van der Waals surface area contributed by atoms with Crippen LogP contribution < -0.4 is 10.8 Å². The van der Waals surface area contributed by atoms with Gasteiger partial charge in [-0.3, -0.25) is 19.2 Å². The number of hydroxylamine groups is 1. The third-order valence-electron chi connectivity index (χ3n) is 4.49. The molecule has 0 fully saturated rings. The number of halogens is 3. The maximum absolute atomic E-state index is 13.2. The molecule has 0 spiro atoms. The summed E-state index contributed by atoms with van der Waals surface area (Å²) in [6.07, 6.45) is 1.52. The first-order valence-corrected chi connectivity index (χ1v) is 11.2. The highest BCUT2D eigenvalue weighted by Gasteiger charge is 2.22. The van der Waals surface area contributed by atoms with E-state index >= 15 is 0 Å². The molecule has 0 unspecified atom stereocenters. The second-order valence-corrected chi connectivity index (χ2v) is 8.84. The Labute approximate surface area is 213 Å². The molecule has 0 aliphatic heterocycles. The summed E-state index contributed by atoms with van der Waals surface area (Å²) in [5, 5.41) is 7.53. The summed E-state index contributed by atoms with van der Waals surface area (Å²) >= 11 is 15.6. The van der Waals surface area contributed by atoms with Gasteiger partial charge in [-0.2, -0.15) is 5.10 Å². The summed E-state index contributed by atoms with van der Waals surface area (Å²) in [7, 11) is 3.12. The van der Waals surface area contributed by atoms with Crippen LogP contribution in [0, 0.1) is 6.92 Å². The fourth-order valence-corrected chi connectivity index (χ4v) is 3.67. The Balaban J connectivity index is 1.89. The first kappa shape index (κ1) is 25.6. The maximum atomic E-state index is 13.2. The van der Waals surface area contributed by atoms with Crippen LogP contribution >= 0.6 is 39.1 Å². The van der Waals surface area contributed by atoms with Crippen LogP contribution in [0.2, 0.25) is 10.0 Å². The molecule has 3 amide bonds. The fourth-order valence-electron chi connectivity index (χ4n) is 2.82. The topological polar surface area (TPSA) is 118 Å². The van der Waals surface area contributed by atoms with E-state index in [2.05, 4.69) is 36.8 Å². The van der Waals surface area contributed by atoms with E-state index in [1.165, 1.54) is 27.9 Å². The smallest absolute Gasteiger partial charge is 0.277 e. The van der Waals surface area contributed by atoms with E-state index < -0.39 is 11.8 Å². The van der Waals surface area contributed by atoms with Crippen molar-refractivity contribution in [2.24, 2.45) is 0 Å². The normalized spacial score (nSPS) is 10.6. The van der Waals surface area contributed by atoms with Crippen molar-refractivity contribution in [2.75, 3.05) is 26.0 Å². The SMILES string of the molecule is Cc1cc(Cl)cc(C(=O)NOCC(=O)N(C)C)c1NC(=O)c1cc(Br)nn1-c1ncccc1Cl. The minimum atomic E-state index is -0.699. The molecule has 0 aliphatic rings. The van der Waals surface area contributed by atoms with Gasteiger partial charge in [0.05, 0.1) is 16.3 Å². The van der Waals surface area contributed by atoms with E-state index in [9.17, 15) is 14.4 Å². The van der Waals surface area contributed by atoms with Crippen LogP contribution in [0.5, 0.6) is 0 Å². The molecule has 178 valence electrons. The number of rotatable bonds is 7. The number of benzene rings is 1. The average molecular weight is 570 g/mol. The summed E-state index contributed by atoms with van der Waals surface area (Å²) in [5.74, 6) is -1.37. The molecule has 3 aromatic rings. The summed E-state index contributed by atoms with van der Waals surface area (Å²) in [6.45, 7) is 1.32. The number of pyridine rings is 1. The van der Waals surface area contributed by atoms with Gasteiger partial charge in [-0.05, 0) is 52.7 Å². The number of hydrogen-bond donors (Lipinski definition) is 2. The Bertz CT molecular complexity index is 1260. The number of hydrogen-bond acceptors (Lipinski definition) is 6. The van der Waals surface area contributed by atoms with Gasteiger partial charge in [0.2, 0.25) is 0 Å². The van der Waals surface area contributed by atoms with Crippen molar-refractivity contribution in [1.82, 2.24) is 25.1 Å². The summed E-state index contributed by atoms with van der Waals surface area (Å²) < 4.78 is 1.66. The van der Waals surface area contributed by atoms with E-state index in [0.717, 1.165) is 0 Å². The zero-order chi connectivity index (χ0) is 25.0. The second-order valence-electron chi connectivity index (χ2n) is 7.18. The number of carbonyl (C=O) groups is 3. The molecule has 2 aromatic heterocycles. The molecule has 2 N–H and O–H groups in total. The Morgan fingerprint density at radius 3 is 2.59 bits per heavy atom. The molecule has 3 rings (SSSR count). The molecule has 2 heterocycles. The number of carbonyl (C=O) groups excluding carboxylic acids is 3. The molecule has 0 atom stereocenters. The Morgan fingerprint density at radius 1 is 1.18 bits per heavy atom. The summed E-state index contributed by atoms with van der Waals surface area (Å²) in [4.78, 5) is 48.1. The van der Waals surface area contributed by atoms with Gasteiger partial charge in [-0.1, -0.05) is 23.2 Å². The quantitative estimate of drug-likeness (QED) is 0.419. The molecule has 13 heteroatoms. The standard InChI is InChI=1S/C21H19BrCl2N6O4/c1-11-7-12(23)8-13(20(32)28-34-10-17(31)29(2)3)18(11)26-21(33)15-9-16(22)27-30(15)19-14(24)5-4-6-25-19/h4-9H,10H2,1-3H3,(H,26,33)(H,28,32). The lowest BCUT2D eigenvalue weighted by Crippen LogP contribution is -2.32. The maximum Gasteiger partial charge on any atom is 0.277 e. The summed E-state index contributed by atoms with van der Waals surface area (Å²) in [6, 6.07) is 7.72. The molecule has 1 aromatic carbocycles. The van der Waals surface area contributed by atoms with Crippen LogP contribution in [-0.4, -0.2) is 58.1 Å². The Morgan fingerprint density at radius 2 is 1.91 bits per heavy atom. The molecular weight excluding hydrogens is 551 g/mol. The van der Waals surface area contributed by atoms with Gasteiger partial charge in [0.1, 0.15) is 10.3 Å². The predicted octanol–water partition coefficient (Wildman–Crippen LogP) is 3.65. The van der Waals surface area contributed by atoms with Crippen molar-refractivity contribution in [2.45, 2.75) is 6.92 Å². The Hall–Kier alpha value is -2.99. The molecule has 34 heavy (non-hydrogen) atoms. The van der Waals surface area contributed by atoms with Gasteiger partial charge in [0.25, 0.3) is 17.7 Å². The fraction of sp³-hybridized carbons (Fsp3) is 0.190.